The monoisotopic (exact) mass is 194 g/mol. The van der Waals surface area contributed by atoms with Crippen molar-refractivity contribution in [1.82, 2.24) is 0 Å². The summed E-state index contributed by atoms with van der Waals surface area (Å²) < 4.78 is 37.2. The second-order valence-electron chi connectivity index (χ2n) is 0.491. The van der Waals surface area contributed by atoms with Gasteiger partial charge in [-0.3, -0.25) is 4.55 Å². The van der Waals surface area contributed by atoms with Gasteiger partial charge in [0.2, 0.25) is 0 Å². The average Bonchev–Trinajstić information content (AvgIpc) is 1.35. The van der Waals surface area contributed by atoms with Crippen molar-refractivity contribution in [1.29, 1.82) is 0 Å². The topological polar surface area (TPSA) is 63.6 Å². The van der Waals surface area contributed by atoms with Crippen LogP contribution < -0.4 is 0 Å². The van der Waals surface area contributed by atoms with Crippen molar-refractivity contribution in [2.45, 2.75) is 0 Å². The Balaban J connectivity index is 0. The van der Waals surface area contributed by atoms with Gasteiger partial charge in [-0.05, 0) is 8.91 Å². The summed E-state index contributed by atoms with van der Waals surface area (Å²) in [5.74, 6) is 0. The van der Waals surface area contributed by atoms with Gasteiger partial charge in [0.15, 0.2) is 0 Å². The quantitative estimate of drug-likeness (QED) is 0.407. The molecule has 0 radical (unpaired) electrons. The fraction of sp³-hybridized carbons (Fsp3) is 0. The standard InChI is InChI=1S/AsH3.FHO4S/c;1-5-6(2,3)4/h1H3;(H,2,3,4). The number of rotatable bonds is 1. The molecule has 0 spiro atoms. The van der Waals surface area contributed by atoms with E-state index < -0.39 is 10.4 Å². The first-order valence-electron chi connectivity index (χ1n) is 0.837. The third-order valence-electron chi connectivity index (χ3n) is 0.0796. The van der Waals surface area contributed by atoms with Crippen LogP contribution in [0.15, 0.2) is 0 Å². The molecule has 0 aromatic heterocycles. The van der Waals surface area contributed by atoms with Crippen molar-refractivity contribution in [3.05, 3.63) is 0 Å². The van der Waals surface area contributed by atoms with Crippen LogP contribution in [0.3, 0.4) is 0 Å². The molecule has 0 fully saturated rings. The van der Waals surface area contributed by atoms with Gasteiger partial charge in [-0.2, -0.15) is 8.42 Å². The summed E-state index contributed by atoms with van der Waals surface area (Å²) in [6, 6.07) is 0. The summed E-state index contributed by atoms with van der Waals surface area (Å²) in [6.07, 6.45) is 0. The molecule has 0 saturated heterocycles. The van der Waals surface area contributed by atoms with E-state index in [0.717, 1.165) is 0 Å². The van der Waals surface area contributed by atoms with Gasteiger partial charge < -0.3 is 0 Å². The summed E-state index contributed by atoms with van der Waals surface area (Å²) >= 11 is 0. The molecule has 0 heterocycles. The molecule has 0 amide bonds. The van der Waals surface area contributed by atoms with Crippen LogP contribution >= 0.6 is 0 Å². The first-order valence-corrected chi connectivity index (χ1v) is 2.20. The van der Waals surface area contributed by atoms with E-state index in [2.05, 4.69) is 0 Å². The molecule has 7 heavy (non-hydrogen) atoms. The Morgan fingerprint density at radius 3 is 1.71 bits per heavy atom. The normalized spacial score (nSPS) is 10.0. The van der Waals surface area contributed by atoms with Crippen LogP contribution in [0.5, 0.6) is 0 Å². The van der Waals surface area contributed by atoms with Gasteiger partial charge in [-0.25, -0.2) is 0 Å². The first-order chi connectivity index (χ1) is 2.56. The summed E-state index contributed by atoms with van der Waals surface area (Å²) in [4.78, 5) is 0. The number of hydrogen-bond donors (Lipinski definition) is 1. The van der Waals surface area contributed by atoms with Gasteiger partial charge >= 0.3 is 28.4 Å². The van der Waals surface area contributed by atoms with Crippen LogP contribution in [0.2, 0.25) is 0 Å². The molecule has 0 aliphatic rings. The van der Waals surface area contributed by atoms with Crippen molar-refractivity contribution in [2.24, 2.45) is 0 Å². The van der Waals surface area contributed by atoms with Crippen molar-refractivity contribution < 1.29 is 21.9 Å². The van der Waals surface area contributed by atoms with Crippen molar-refractivity contribution in [3.63, 3.8) is 0 Å². The van der Waals surface area contributed by atoms with Gasteiger partial charge in [0.25, 0.3) is 0 Å². The molecule has 0 aliphatic heterocycles. The van der Waals surface area contributed by atoms with Gasteiger partial charge in [0.1, 0.15) is 0 Å². The van der Waals surface area contributed by atoms with Crippen LogP contribution in [0.1, 0.15) is 0 Å². The van der Waals surface area contributed by atoms with E-state index >= 15 is 0 Å². The van der Waals surface area contributed by atoms with Crippen LogP contribution in [0, 0.1) is 0 Å². The minimum absolute atomic E-state index is 0. The molecule has 0 aromatic carbocycles. The maximum atomic E-state index is 10.2. The van der Waals surface area contributed by atoms with Crippen molar-refractivity contribution in [3.8, 4) is 0 Å². The van der Waals surface area contributed by atoms with Crippen molar-refractivity contribution >= 4 is 28.4 Å². The summed E-state index contributed by atoms with van der Waals surface area (Å²) in [6.45, 7) is 0. The molecule has 0 bridgehead atoms. The predicted octanol–water partition coefficient (Wildman–Crippen LogP) is -1.49. The third-order valence-corrected chi connectivity index (χ3v) is 0.239. The molecule has 1 atom stereocenters. The van der Waals surface area contributed by atoms with Crippen molar-refractivity contribution in [2.75, 3.05) is 0 Å². The molecule has 1 unspecified atom stereocenters. The Labute approximate surface area is 50.8 Å². The van der Waals surface area contributed by atoms with E-state index in [1.165, 1.54) is 0 Å². The Bertz CT molecular complexity index is 114. The molecule has 0 saturated carbocycles. The van der Waals surface area contributed by atoms with Crippen LogP contribution in [0.4, 0.5) is 4.53 Å². The molecule has 46 valence electrons. The van der Waals surface area contributed by atoms with E-state index in [1.54, 1.807) is 0 Å². The number of halogens is 1. The molecule has 0 aliphatic carbocycles. The van der Waals surface area contributed by atoms with E-state index in [1.807, 2.05) is 4.39 Å². The fourth-order valence-electron chi connectivity index (χ4n) is 0. The third kappa shape index (κ3) is 10.7. The molecule has 0 rings (SSSR count). The van der Waals surface area contributed by atoms with Gasteiger partial charge in [-0.1, -0.05) is 0 Å². The van der Waals surface area contributed by atoms with Gasteiger partial charge in [0.05, 0.1) is 0 Å². The zero-order chi connectivity index (χ0) is 5.21. The van der Waals surface area contributed by atoms with E-state index in [9.17, 15) is 4.53 Å². The Morgan fingerprint density at radius 2 is 1.71 bits per heavy atom. The molecule has 1 N–H and O–H groups in total. The molecular weight excluding hydrogens is 190 g/mol. The average molecular weight is 194 g/mol. The zero-order valence-corrected chi connectivity index (χ0v) is 6.95. The summed E-state index contributed by atoms with van der Waals surface area (Å²) in [7, 11) is -4.83. The second-order valence-corrected chi connectivity index (χ2v) is 1.47. The maximum absolute atomic E-state index is 10.2. The van der Waals surface area contributed by atoms with Crippen LogP contribution in [-0.4, -0.2) is 30.9 Å². The van der Waals surface area contributed by atoms with Crippen LogP contribution in [-0.2, 0) is 14.8 Å². The van der Waals surface area contributed by atoms with Gasteiger partial charge in [0, 0.05) is 0 Å². The molecular formula is H4AsFO4S. The summed E-state index contributed by atoms with van der Waals surface area (Å²) in [5, 5.41) is 0. The summed E-state index contributed by atoms with van der Waals surface area (Å²) in [5.41, 5.74) is 0. The predicted molar refractivity (Wildman–Crippen MR) is 23.7 cm³/mol. The van der Waals surface area contributed by atoms with E-state index in [0.29, 0.717) is 0 Å². The molecule has 4 nitrogen and oxygen atoms in total. The van der Waals surface area contributed by atoms with Crippen LogP contribution in [0.25, 0.3) is 0 Å². The SMILES string of the molecule is O=S(=O)(O)OF.[AsH3]. The van der Waals surface area contributed by atoms with E-state index in [-0.39, 0.29) is 18.0 Å². The number of hydrogen-bond acceptors (Lipinski definition) is 3. The Kier molecular flexibility index (Phi) is 4.99. The molecule has 7 heteroatoms. The minimum atomic E-state index is -4.83. The second kappa shape index (κ2) is 3.37. The molecule has 0 aromatic rings. The fourth-order valence-corrected chi connectivity index (χ4v) is 0. The zero-order valence-electron chi connectivity index (χ0n) is 3.17. The Hall–Kier alpha value is 0.358. The van der Waals surface area contributed by atoms with Gasteiger partial charge in [-0.15, -0.1) is 0 Å². The first kappa shape index (κ1) is 10.4. The Morgan fingerprint density at radius 1 is 1.57 bits per heavy atom. The van der Waals surface area contributed by atoms with E-state index in [4.69, 9.17) is 13.0 Å².